The van der Waals surface area contributed by atoms with Gasteiger partial charge >= 0.3 is 0 Å². The van der Waals surface area contributed by atoms with Crippen molar-refractivity contribution in [2.75, 3.05) is 7.05 Å². The lowest BCUT2D eigenvalue weighted by molar-refractivity contribution is 0.0785. The zero-order valence-corrected chi connectivity index (χ0v) is 16.0. The third-order valence-electron chi connectivity index (χ3n) is 4.60. The molecule has 0 atom stereocenters. The van der Waals surface area contributed by atoms with Gasteiger partial charge in [-0.05, 0) is 48.0 Å². The predicted octanol–water partition coefficient (Wildman–Crippen LogP) is 4.12. The van der Waals surface area contributed by atoms with Crippen LogP contribution in [0.15, 0.2) is 72.8 Å². The van der Waals surface area contributed by atoms with Gasteiger partial charge in [-0.3, -0.25) is 4.79 Å². The maximum absolute atomic E-state index is 12.8. The Kier molecular flexibility index (Phi) is 5.27. The van der Waals surface area contributed by atoms with Crippen LogP contribution in [-0.2, 0) is 13.2 Å². The molecule has 29 heavy (non-hydrogen) atoms. The number of aromatic amines is 1. The standard InChI is InChI=1S/C23H21N3O3/c1-26(23(28)17-9-12-20-21(13-17)25-22(15-27)24-20)14-16-7-10-19(11-8-16)29-18-5-3-2-4-6-18/h2-13,27H,14-15H2,1H3,(H,24,25). The summed E-state index contributed by atoms with van der Waals surface area (Å²) in [6.45, 7) is 0.315. The van der Waals surface area contributed by atoms with Gasteiger partial charge in [-0.1, -0.05) is 30.3 Å². The molecule has 146 valence electrons. The van der Waals surface area contributed by atoms with Crippen molar-refractivity contribution in [3.05, 3.63) is 89.7 Å². The summed E-state index contributed by atoms with van der Waals surface area (Å²) in [4.78, 5) is 21.7. The quantitative estimate of drug-likeness (QED) is 0.522. The van der Waals surface area contributed by atoms with Crippen LogP contribution in [-0.4, -0.2) is 32.9 Å². The molecule has 0 saturated heterocycles. The Bertz CT molecular complexity index is 1120. The number of nitrogens with zero attached hydrogens (tertiary/aromatic N) is 2. The molecule has 0 aliphatic rings. The first-order chi connectivity index (χ1) is 14.1. The van der Waals surface area contributed by atoms with E-state index in [1.165, 1.54) is 0 Å². The fourth-order valence-corrected chi connectivity index (χ4v) is 3.12. The van der Waals surface area contributed by atoms with Gasteiger partial charge in [0.25, 0.3) is 5.91 Å². The molecule has 1 amide bonds. The second-order valence-electron chi connectivity index (χ2n) is 6.79. The van der Waals surface area contributed by atoms with E-state index in [4.69, 9.17) is 4.74 Å². The fraction of sp³-hybridized carbons (Fsp3) is 0.130. The van der Waals surface area contributed by atoms with Gasteiger partial charge in [0, 0.05) is 19.2 Å². The molecule has 6 heteroatoms. The van der Waals surface area contributed by atoms with Crippen molar-refractivity contribution in [3.63, 3.8) is 0 Å². The number of nitrogens with one attached hydrogen (secondary N) is 1. The van der Waals surface area contributed by atoms with Gasteiger partial charge in [0.1, 0.15) is 23.9 Å². The highest BCUT2D eigenvalue weighted by Gasteiger charge is 2.14. The Morgan fingerprint density at radius 2 is 1.76 bits per heavy atom. The van der Waals surface area contributed by atoms with Gasteiger partial charge in [-0.2, -0.15) is 0 Å². The van der Waals surface area contributed by atoms with E-state index >= 15 is 0 Å². The Morgan fingerprint density at radius 1 is 1.03 bits per heavy atom. The number of amides is 1. The van der Waals surface area contributed by atoms with Gasteiger partial charge in [0.05, 0.1) is 11.0 Å². The molecule has 0 unspecified atom stereocenters. The molecular weight excluding hydrogens is 366 g/mol. The number of para-hydroxylation sites is 1. The van der Waals surface area contributed by atoms with E-state index in [9.17, 15) is 9.90 Å². The number of rotatable bonds is 6. The summed E-state index contributed by atoms with van der Waals surface area (Å²) in [5, 5.41) is 9.19. The number of H-pyrrole nitrogens is 1. The van der Waals surface area contributed by atoms with E-state index in [-0.39, 0.29) is 12.5 Å². The van der Waals surface area contributed by atoms with Crippen LogP contribution in [0.4, 0.5) is 0 Å². The molecule has 0 spiro atoms. The first-order valence-electron chi connectivity index (χ1n) is 9.29. The molecule has 4 aromatic rings. The molecule has 0 radical (unpaired) electrons. The molecule has 6 nitrogen and oxygen atoms in total. The second-order valence-corrected chi connectivity index (χ2v) is 6.79. The van der Waals surface area contributed by atoms with Crippen LogP contribution in [0.1, 0.15) is 21.7 Å². The minimum atomic E-state index is -0.165. The largest absolute Gasteiger partial charge is 0.457 e. The number of aliphatic hydroxyl groups is 1. The third kappa shape index (κ3) is 4.28. The van der Waals surface area contributed by atoms with E-state index < -0.39 is 0 Å². The van der Waals surface area contributed by atoms with E-state index in [2.05, 4.69) is 9.97 Å². The van der Waals surface area contributed by atoms with Gasteiger partial charge in [-0.25, -0.2) is 4.98 Å². The Labute approximate surface area is 168 Å². The minimum absolute atomic E-state index is 0.0864. The van der Waals surface area contributed by atoms with Crippen LogP contribution in [0.2, 0.25) is 0 Å². The minimum Gasteiger partial charge on any atom is -0.457 e. The molecule has 0 bridgehead atoms. The van der Waals surface area contributed by atoms with Crippen molar-refractivity contribution in [2.24, 2.45) is 0 Å². The Morgan fingerprint density at radius 3 is 2.48 bits per heavy atom. The Balaban J connectivity index is 1.43. The van der Waals surface area contributed by atoms with Gasteiger partial charge in [0.15, 0.2) is 0 Å². The molecule has 4 rings (SSSR count). The van der Waals surface area contributed by atoms with Crippen LogP contribution in [0.5, 0.6) is 11.5 Å². The van der Waals surface area contributed by atoms with Crippen LogP contribution in [0, 0.1) is 0 Å². The second kappa shape index (κ2) is 8.16. The van der Waals surface area contributed by atoms with Crippen molar-refractivity contribution in [1.82, 2.24) is 14.9 Å². The summed E-state index contributed by atoms with van der Waals surface area (Å²) < 4.78 is 5.80. The topological polar surface area (TPSA) is 78.4 Å². The first kappa shape index (κ1) is 18.7. The van der Waals surface area contributed by atoms with Crippen LogP contribution >= 0.6 is 0 Å². The van der Waals surface area contributed by atoms with Crippen molar-refractivity contribution in [1.29, 1.82) is 0 Å². The lowest BCUT2D eigenvalue weighted by atomic mass is 10.1. The van der Waals surface area contributed by atoms with Crippen molar-refractivity contribution in [2.45, 2.75) is 13.2 Å². The predicted molar refractivity (Wildman–Crippen MR) is 111 cm³/mol. The highest BCUT2D eigenvalue weighted by molar-refractivity contribution is 5.97. The normalized spacial score (nSPS) is 10.8. The molecule has 0 aliphatic heterocycles. The average Bonchev–Trinajstić information content (AvgIpc) is 3.18. The number of hydrogen-bond acceptors (Lipinski definition) is 4. The van der Waals surface area contributed by atoms with Crippen LogP contribution in [0.3, 0.4) is 0 Å². The van der Waals surface area contributed by atoms with Crippen molar-refractivity contribution in [3.8, 4) is 11.5 Å². The lowest BCUT2D eigenvalue weighted by Gasteiger charge is -2.17. The number of benzene rings is 3. The molecule has 0 saturated carbocycles. The zero-order chi connectivity index (χ0) is 20.2. The highest BCUT2D eigenvalue weighted by atomic mass is 16.5. The Hall–Kier alpha value is -3.64. The molecule has 0 fully saturated rings. The highest BCUT2D eigenvalue weighted by Crippen LogP contribution is 2.22. The number of ether oxygens (including phenoxy) is 1. The number of fused-ring (bicyclic) bond motifs is 1. The van der Waals surface area contributed by atoms with Crippen molar-refractivity contribution < 1.29 is 14.6 Å². The van der Waals surface area contributed by atoms with E-state index in [1.807, 2.05) is 54.6 Å². The first-order valence-corrected chi connectivity index (χ1v) is 9.29. The monoisotopic (exact) mass is 387 g/mol. The molecular formula is C23H21N3O3. The third-order valence-corrected chi connectivity index (χ3v) is 4.60. The number of carbonyl (C=O) groups is 1. The van der Waals surface area contributed by atoms with E-state index in [0.29, 0.717) is 17.9 Å². The lowest BCUT2D eigenvalue weighted by Crippen LogP contribution is -2.26. The SMILES string of the molecule is CN(Cc1ccc(Oc2ccccc2)cc1)C(=O)c1ccc2nc(CO)[nH]c2c1. The molecule has 3 aromatic carbocycles. The summed E-state index contributed by atoms with van der Waals surface area (Å²) >= 11 is 0. The maximum Gasteiger partial charge on any atom is 0.253 e. The van der Waals surface area contributed by atoms with Crippen LogP contribution < -0.4 is 4.74 Å². The van der Waals surface area contributed by atoms with Crippen molar-refractivity contribution >= 4 is 16.9 Å². The number of aliphatic hydroxyl groups excluding tert-OH is 1. The smallest absolute Gasteiger partial charge is 0.253 e. The fourth-order valence-electron chi connectivity index (χ4n) is 3.12. The molecule has 1 heterocycles. The zero-order valence-electron chi connectivity index (χ0n) is 16.0. The van der Waals surface area contributed by atoms with Crippen LogP contribution in [0.25, 0.3) is 11.0 Å². The van der Waals surface area contributed by atoms with E-state index in [0.717, 1.165) is 28.1 Å². The van der Waals surface area contributed by atoms with E-state index in [1.54, 1.807) is 30.1 Å². The molecule has 2 N–H and O–H groups in total. The average molecular weight is 387 g/mol. The summed E-state index contributed by atoms with van der Waals surface area (Å²) in [7, 11) is 1.77. The summed E-state index contributed by atoms with van der Waals surface area (Å²) in [6.07, 6.45) is 0. The summed E-state index contributed by atoms with van der Waals surface area (Å²) in [5.74, 6) is 1.93. The number of imidazole rings is 1. The summed E-state index contributed by atoms with van der Waals surface area (Å²) in [5.41, 5.74) is 3.03. The summed E-state index contributed by atoms with van der Waals surface area (Å²) in [6, 6.07) is 22.6. The van der Waals surface area contributed by atoms with Gasteiger partial charge in [0.2, 0.25) is 0 Å². The van der Waals surface area contributed by atoms with Gasteiger partial charge in [-0.15, -0.1) is 0 Å². The molecule has 0 aliphatic carbocycles. The number of carbonyl (C=O) groups excluding carboxylic acids is 1. The van der Waals surface area contributed by atoms with Gasteiger partial charge < -0.3 is 19.7 Å². The molecule has 1 aromatic heterocycles. The maximum atomic E-state index is 12.8. The number of hydrogen-bond donors (Lipinski definition) is 2. The number of aromatic nitrogens is 2.